The third-order valence-corrected chi connectivity index (χ3v) is 6.78. The summed E-state index contributed by atoms with van der Waals surface area (Å²) in [5.74, 6) is 1.99. The van der Waals surface area contributed by atoms with Gasteiger partial charge in [0.25, 0.3) is 5.56 Å². The summed E-state index contributed by atoms with van der Waals surface area (Å²) in [5.41, 5.74) is 2.29. The van der Waals surface area contributed by atoms with Gasteiger partial charge in [0.2, 0.25) is 0 Å². The number of fused-ring (bicyclic) bond motifs is 4. The van der Waals surface area contributed by atoms with Crippen LogP contribution in [0.15, 0.2) is 39.7 Å². The Labute approximate surface area is 201 Å². The zero-order chi connectivity index (χ0) is 20.3. The van der Waals surface area contributed by atoms with Gasteiger partial charge in [0, 0.05) is 63.0 Å². The lowest BCUT2D eigenvalue weighted by atomic mass is 9.84. The van der Waals surface area contributed by atoms with Crippen molar-refractivity contribution in [2.45, 2.75) is 32.0 Å². The summed E-state index contributed by atoms with van der Waals surface area (Å²) in [5, 5.41) is 3.52. The number of hydrogen-bond acceptors (Lipinski definition) is 6. The number of rotatable bonds is 7. The monoisotopic (exact) mass is 484 g/mol. The molecule has 0 unspecified atom stereocenters. The number of aromatic nitrogens is 1. The van der Waals surface area contributed by atoms with Crippen molar-refractivity contribution in [2.24, 2.45) is 5.92 Å². The van der Waals surface area contributed by atoms with Gasteiger partial charge in [0.15, 0.2) is 0 Å². The summed E-state index contributed by atoms with van der Waals surface area (Å²) >= 11 is 0. The van der Waals surface area contributed by atoms with Crippen molar-refractivity contribution in [3.05, 3.63) is 57.9 Å². The predicted molar refractivity (Wildman–Crippen MR) is 129 cm³/mol. The third-order valence-electron chi connectivity index (χ3n) is 6.78. The lowest BCUT2D eigenvalue weighted by molar-refractivity contribution is 0.0321. The maximum atomic E-state index is 13.4. The van der Waals surface area contributed by atoms with Gasteiger partial charge >= 0.3 is 0 Å². The Morgan fingerprint density at radius 2 is 1.94 bits per heavy atom. The summed E-state index contributed by atoms with van der Waals surface area (Å²) in [4.78, 5) is 18.1. The Balaban J connectivity index is 0.00000144. The average molecular weight is 485 g/mol. The number of nitrogens with zero attached hydrogens (tertiary/aromatic N) is 3. The van der Waals surface area contributed by atoms with Crippen LogP contribution in [0.5, 0.6) is 0 Å². The molecule has 2 aromatic heterocycles. The first-order chi connectivity index (χ1) is 14.8. The van der Waals surface area contributed by atoms with E-state index in [0.29, 0.717) is 24.9 Å². The van der Waals surface area contributed by atoms with Crippen LogP contribution in [0.1, 0.15) is 29.4 Å². The van der Waals surface area contributed by atoms with Crippen LogP contribution >= 0.6 is 24.8 Å². The van der Waals surface area contributed by atoms with E-state index in [4.69, 9.17) is 9.15 Å². The first-order valence-corrected chi connectivity index (χ1v) is 11.2. The molecule has 1 N–H and O–H groups in total. The molecule has 3 aliphatic heterocycles. The molecule has 2 atom stereocenters. The Hall–Kier alpha value is -1.35. The van der Waals surface area contributed by atoms with Crippen LogP contribution in [0.3, 0.4) is 0 Å². The van der Waals surface area contributed by atoms with Crippen LogP contribution < -0.4 is 10.9 Å². The molecular weight excluding hydrogens is 451 g/mol. The fraction of sp³-hybridized carbons (Fsp3) is 0.609. The van der Waals surface area contributed by atoms with Gasteiger partial charge in [-0.3, -0.25) is 14.6 Å². The Kier molecular flexibility index (Phi) is 9.22. The van der Waals surface area contributed by atoms with Gasteiger partial charge in [-0.25, -0.2) is 0 Å². The summed E-state index contributed by atoms with van der Waals surface area (Å²) in [6, 6.07) is 8.19. The van der Waals surface area contributed by atoms with Crippen molar-refractivity contribution in [3.8, 4) is 0 Å². The highest BCUT2D eigenvalue weighted by Crippen LogP contribution is 2.31. The van der Waals surface area contributed by atoms with Crippen LogP contribution in [0.2, 0.25) is 0 Å². The van der Waals surface area contributed by atoms with Crippen molar-refractivity contribution in [1.82, 2.24) is 19.7 Å². The van der Waals surface area contributed by atoms with E-state index in [1.165, 1.54) is 12.1 Å². The van der Waals surface area contributed by atoms with Crippen LogP contribution in [-0.4, -0.2) is 66.8 Å². The lowest BCUT2D eigenvalue weighted by Gasteiger charge is -2.37. The molecule has 0 amide bonds. The fourth-order valence-electron chi connectivity index (χ4n) is 5.14. The summed E-state index contributed by atoms with van der Waals surface area (Å²) < 4.78 is 13.1. The van der Waals surface area contributed by atoms with E-state index < -0.39 is 0 Å². The van der Waals surface area contributed by atoms with Crippen molar-refractivity contribution in [3.63, 3.8) is 0 Å². The molecule has 0 aromatic carbocycles. The molecule has 178 valence electrons. The normalized spacial score (nSPS) is 22.7. The van der Waals surface area contributed by atoms with E-state index >= 15 is 0 Å². The molecule has 2 bridgehead atoms. The number of piperidine rings is 1. The number of ether oxygens (including phenoxy) is 1. The molecule has 2 aromatic rings. The second-order valence-electron chi connectivity index (χ2n) is 8.90. The van der Waals surface area contributed by atoms with E-state index in [0.717, 1.165) is 70.4 Å². The van der Waals surface area contributed by atoms with Crippen LogP contribution in [-0.2, 0) is 24.4 Å². The molecule has 2 fully saturated rings. The average Bonchev–Trinajstić information content (AvgIpc) is 3.28. The molecule has 3 aliphatic rings. The maximum Gasteiger partial charge on any atom is 0.255 e. The molecule has 7 nitrogen and oxygen atoms in total. The van der Waals surface area contributed by atoms with Crippen LogP contribution in [0.4, 0.5) is 0 Å². The summed E-state index contributed by atoms with van der Waals surface area (Å²) in [7, 11) is 0. The van der Waals surface area contributed by atoms with Gasteiger partial charge in [0.1, 0.15) is 5.76 Å². The van der Waals surface area contributed by atoms with Gasteiger partial charge in [0.05, 0.1) is 26.0 Å². The summed E-state index contributed by atoms with van der Waals surface area (Å²) in [6.45, 7) is 9.67. The standard InChI is InChI=1S/C23H32N4O3.2ClH/c28-23-19(3-4-22-20-12-18(13-24-14-20)15-27(22)23)16-26(17-21-2-1-9-30-21)6-5-25-7-10-29-11-8-25;;/h1-4,9,18,20,24H,5-8,10-17H2;2*1H/t18-,20+;;/m0../s1. The third kappa shape index (κ3) is 5.76. The number of furan rings is 1. The topological polar surface area (TPSA) is 62.9 Å². The van der Waals surface area contributed by atoms with E-state index in [2.05, 4.69) is 31.8 Å². The molecule has 2 saturated heterocycles. The second-order valence-corrected chi connectivity index (χ2v) is 8.90. The number of halogens is 2. The van der Waals surface area contributed by atoms with Crippen LogP contribution in [0.25, 0.3) is 0 Å². The van der Waals surface area contributed by atoms with E-state index in [1.54, 1.807) is 6.26 Å². The molecule has 0 aliphatic carbocycles. The van der Waals surface area contributed by atoms with Crippen molar-refractivity contribution >= 4 is 24.8 Å². The van der Waals surface area contributed by atoms with Gasteiger partial charge in [-0.05, 0) is 37.1 Å². The minimum Gasteiger partial charge on any atom is -0.468 e. The van der Waals surface area contributed by atoms with Gasteiger partial charge in [-0.1, -0.05) is 6.07 Å². The largest absolute Gasteiger partial charge is 0.468 e. The van der Waals surface area contributed by atoms with E-state index in [1.807, 2.05) is 12.1 Å². The van der Waals surface area contributed by atoms with Crippen molar-refractivity contribution in [1.29, 1.82) is 0 Å². The van der Waals surface area contributed by atoms with Gasteiger partial charge < -0.3 is 19.0 Å². The highest BCUT2D eigenvalue weighted by Gasteiger charge is 2.31. The van der Waals surface area contributed by atoms with Crippen LogP contribution in [0, 0.1) is 5.92 Å². The fourth-order valence-corrected chi connectivity index (χ4v) is 5.14. The minimum atomic E-state index is 0. The lowest BCUT2D eigenvalue weighted by Crippen LogP contribution is -2.46. The predicted octanol–water partition coefficient (Wildman–Crippen LogP) is 2.33. The molecular formula is C23H34Cl2N4O3. The Morgan fingerprint density at radius 1 is 1.09 bits per heavy atom. The first kappa shape index (κ1) is 25.3. The smallest absolute Gasteiger partial charge is 0.255 e. The first-order valence-electron chi connectivity index (χ1n) is 11.2. The zero-order valence-corrected chi connectivity index (χ0v) is 20.0. The molecule has 5 rings (SSSR count). The Bertz CT molecular complexity index is 899. The number of morpholine rings is 1. The SMILES string of the molecule is Cl.Cl.O=c1c(CN(CCN2CCOCC2)Cc2ccco2)ccc2n1C[C@@H]1CNC[C@H]2C1. The maximum absolute atomic E-state index is 13.4. The van der Waals surface area contributed by atoms with Crippen molar-refractivity contribution in [2.75, 3.05) is 52.5 Å². The summed E-state index contributed by atoms with van der Waals surface area (Å²) in [6.07, 6.45) is 2.92. The minimum absolute atomic E-state index is 0. The highest BCUT2D eigenvalue weighted by atomic mass is 35.5. The highest BCUT2D eigenvalue weighted by molar-refractivity contribution is 5.85. The quantitative estimate of drug-likeness (QED) is 0.650. The molecule has 0 radical (unpaired) electrons. The van der Waals surface area contributed by atoms with E-state index in [-0.39, 0.29) is 30.4 Å². The van der Waals surface area contributed by atoms with Crippen molar-refractivity contribution < 1.29 is 9.15 Å². The number of nitrogens with one attached hydrogen (secondary N) is 1. The molecule has 0 saturated carbocycles. The van der Waals surface area contributed by atoms with Gasteiger partial charge in [-0.15, -0.1) is 24.8 Å². The molecule has 5 heterocycles. The molecule has 0 spiro atoms. The molecule has 32 heavy (non-hydrogen) atoms. The second kappa shape index (κ2) is 11.7. The number of hydrogen-bond donors (Lipinski definition) is 1. The zero-order valence-electron chi connectivity index (χ0n) is 18.4. The Morgan fingerprint density at radius 3 is 2.72 bits per heavy atom. The van der Waals surface area contributed by atoms with Gasteiger partial charge in [-0.2, -0.15) is 0 Å². The number of pyridine rings is 1. The molecule has 9 heteroatoms. The van der Waals surface area contributed by atoms with E-state index in [9.17, 15) is 4.79 Å².